The van der Waals surface area contributed by atoms with Gasteiger partial charge in [-0.1, -0.05) is 0 Å². The van der Waals surface area contributed by atoms with Gasteiger partial charge in [-0.25, -0.2) is 4.98 Å². The van der Waals surface area contributed by atoms with Gasteiger partial charge in [0, 0.05) is 17.8 Å². The fraction of sp³-hybridized carbons (Fsp3) is 0.556. The van der Waals surface area contributed by atoms with Crippen LogP contribution in [0.4, 0.5) is 5.82 Å². The molecule has 4 fully saturated rings. The SMILES string of the molecule is Nc1nn([C@H]2C3CC4CC2C[C@](O)(C4)C3)c2c1cnc1[nH]ccc12. The van der Waals surface area contributed by atoms with Gasteiger partial charge in [-0.2, -0.15) is 5.10 Å². The van der Waals surface area contributed by atoms with Crippen LogP contribution in [0, 0.1) is 17.8 Å². The number of aromatic amines is 1. The largest absolute Gasteiger partial charge is 0.390 e. The topological polar surface area (TPSA) is 92.8 Å². The molecular weight excluding hydrogens is 302 g/mol. The Labute approximate surface area is 139 Å². The van der Waals surface area contributed by atoms with Crippen LogP contribution in [-0.2, 0) is 0 Å². The highest BCUT2D eigenvalue weighted by Crippen LogP contribution is 2.60. The molecule has 124 valence electrons. The lowest BCUT2D eigenvalue weighted by Crippen LogP contribution is -2.55. The first-order valence-corrected chi connectivity index (χ1v) is 8.93. The molecule has 4 bridgehead atoms. The summed E-state index contributed by atoms with van der Waals surface area (Å²) in [7, 11) is 0. The van der Waals surface area contributed by atoms with Crippen LogP contribution in [0.3, 0.4) is 0 Å². The third kappa shape index (κ3) is 1.55. The van der Waals surface area contributed by atoms with E-state index in [4.69, 9.17) is 10.8 Å². The number of nitrogen functional groups attached to an aromatic ring is 1. The summed E-state index contributed by atoms with van der Waals surface area (Å²) in [4.78, 5) is 7.65. The molecule has 4 N–H and O–H groups in total. The molecule has 7 rings (SSSR count). The van der Waals surface area contributed by atoms with Crippen molar-refractivity contribution in [2.75, 3.05) is 5.73 Å². The number of pyridine rings is 1. The highest BCUT2D eigenvalue weighted by atomic mass is 16.3. The fourth-order valence-electron chi connectivity index (χ4n) is 6.22. The summed E-state index contributed by atoms with van der Waals surface area (Å²) in [5, 5.41) is 17.6. The van der Waals surface area contributed by atoms with Gasteiger partial charge in [0.2, 0.25) is 0 Å². The third-order valence-electron chi connectivity index (χ3n) is 6.75. The maximum atomic E-state index is 10.9. The van der Waals surface area contributed by atoms with Crippen LogP contribution in [-0.4, -0.2) is 30.5 Å². The molecule has 0 aliphatic heterocycles. The van der Waals surface area contributed by atoms with E-state index in [0.717, 1.165) is 41.2 Å². The summed E-state index contributed by atoms with van der Waals surface area (Å²) >= 11 is 0. The van der Waals surface area contributed by atoms with E-state index < -0.39 is 5.60 Å². The van der Waals surface area contributed by atoms with Crippen LogP contribution >= 0.6 is 0 Å². The molecule has 0 amide bonds. The monoisotopic (exact) mass is 323 g/mol. The van der Waals surface area contributed by atoms with Crippen molar-refractivity contribution in [2.45, 2.75) is 43.7 Å². The average Bonchev–Trinajstić information content (AvgIpc) is 3.10. The van der Waals surface area contributed by atoms with Gasteiger partial charge in [0.15, 0.2) is 5.82 Å². The minimum atomic E-state index is -0.424. The van der Waals surface area contributed by atoms with Crippen molar-refractivity contribution in [2.24, 2.45) is 17.8 Å². The molecule has 6 heteroatoms. The lowest BCUT2D eigenvalue weighted by Gasteiger charge is -2.57. The fourth-order valence-corrected chi connectivity index (χ4v) is 6.22. The Hall–Kier alpha value is -2.08. The number of rotatable bonds is 1. The predicted molar refractivity (Wildman–Crippen MR) is 91.3 cm³/mol. The number of hydrogen-bond donors (Lipinski definition) is 3. The van der Waals surface area contributed by atoms with E-state index in [-0.39, 0.29) is 0 Å². The Balaban J connectivity index is 1.59. The number of fused-ring (bicyclic) bond motifs is 3. The van der Waals surface area contributed by atoms with Gasteiger partial charge in [-0.15, -0.1) is 0 Å². The summed E-state index contributed by atoms with van der Waals surface area (Å²) in [5.41, 5.74) is 7.78. The lowest BCUT2D eigenvalue weighted by molar-refractivity contribution is -0.148. The lowest BCUT2D eigenvalue weighted by atomic mass is 9.52. The van der Waals surface area contributed by atoms with E-state index in [9.17, 15) is 5.11 Å². The Kier molecular flexibility index (Phi) is 2.27. The van der Waals surface area contributed by atoms with Crippen LogP contribution < -0.4 is 5.73 Å². The number of nitrogens with zero attached hydrogens (tertiary/aromatic N) is 3. The third-order valence-corrected chi connectivity index (χ3v) is 6.75. The van der Waals surface area contributed by atoms with Crippen molar-refractivity contribution in [3.05, 3.63) is 18.5 Å². The highest BCUT2D eigenvalue weighted by Gasteiger charge is 2.55. The maximum Gasteiger partial charge on any atom is 0.154 e. The first-order chi connectivity index (χ1) is 11.6. The van der Waals surface area contributed by atoms with Gasteiger partial charge in [0.25, 0.3) is 0 Å². The second kappa shape index (κ2) is 4.11. The first-order valence-electron chi connectivity index (χ1n) is 8.93. The van der Waals surface area contributed by atoms with E-state index in [1.54, 1.807) is 0 Å². The van der Waals surface area contributed by atoms with Gasteiger partial charge in [-0.05, 0) is 55.9 Å². The second-order valence-corrected chi connectivity index (χ2v) is 8.28. The number of nitrogens with two attached hydrogens (primary N) is 1. The van der Waals surface area contributed by atoms with Gasteiger partial charge in [-0.3, -0.25) is 4.68 Å². The van der Waals surface area contributed by atoms with Crippen LogP contribution in [0.25, 0.3) is 21.9 Å². The zero-order valence-electron chi connectivity index (χ0n) is 13.4. The molecule has 0 spiro atoms. The molecule has 0 saturated heterocycles. The summed E-state index contributed by atoms with van der Waals surface area (Å²) in [6.45, 7) is 0. The molecule has 2 atom stereocenters. The van der Waals surface area contributed by atoms with E-state index in [1.807, 2.05) is 12.4 Å². The zero-order chi connectivity index (χ0) is 16.1. The van der Waals surface area contributed by atoms with Gasteiger partial charge in [0.1, 0.15) is 5.65 Å². The molecular formula is C18H21N5O. The Bertz CT molecular complexity index is 957. The van der Waals surface area contributed by atoms with E-state index >= 15 is 0 Å². The molecule has 2 unspecified atom stereocenters. The average molecular weight is 323 g/mol. The minimum absolute atomic E-state index is 0.349. The Morgan fingerprint density at radius 3 is 2.75 bits per heavy atom. The number of nitrogens with one attached hydrogen (secondary N) is 1. The van der Waals surface area contributed by atoms with Crippen molar-refractivity contribution in [1.29, 1.82) is 0 Å². The molecule has 4 aliphatic rings. The van der Waals surface area contributed by atoms with Gasteiger partial charge in [0.05, 0.1) is 22.5 Å². The van der Waals surface area contributed by atoms with E-state index in [2.05, 4.69) is 20.7 Å². The van der Waals surface area contributed by atoms with Crippen LogP contribution in [0.5, 0.6) is 0 Å². The highest BCUT2D eigenvalue weighted by molar-refractivity contribution is 6.06. The summed E-state index contributed by atoms with van der Waals surface area (Å²) in [6.07, 6.45) is 9.00. The minimum Gasteiger partial charge on any atom is -0.390 e. The van der Waals surface area contributed by atoms with Crippen LogP contribution in [0.1, 0.15) is 38.1 Å². The second-order valence-electron chi connectivity index (χ2n) is 8.28. The Morgan fingerprint density at radius 1 is 1.21 bits per heavy atom. The molecule has 24 heavy (non-hydrogen) atoms. The number of hydrogen-bond acceptors (Lipinski definition) is 4. The van der Waals surface area contributed by atoms with Crippen molar-refractivity contribution in [3.63, 3.8) is 0 Å². The maximum absolute atomic E-state index is 10.9. The molecule has 3 heterocycles. The molecule has 4 aliphatic carbocycles. The summed E-state index contributed by atoms with van der Waals surface area (Å²) in [5.74, 6) is 2.27. The molecule has 0 radical (unpaired) electrons. The summed E-state index contributed by atoms with van der Waals surface area (Å²) < 4.78 is 2.18. The van der Waals surface area contributed by atoms with Gasteiger partial charge >= 0.3 is 0 Å². The van der Waals surface area contributed by atoms with Crippen molar-refractivity contribution in [3.8, 4) is 0 Å². The number of anilines is 1. The first kappa shape index (κ1) is 13.2. The van der Waals surface area contributed by atoms with E-state index in [0.29, 0.717) is 29.6 Å². The van der Waals surface area contributed by atoms with E-state index in [1.165, 1.54) is 12.8 Å². The predicted octanol–water partition coefficient (Wildman–Crippen LogP) is 2.61. The smallest absolute Gasteiger partial charge is 0.154 e. The van der Waals surface area contributed by atoms with Crippen LogP contribution in [0.2, 0.25) is 0 Å². The van der Waals surface area contributed by atoms with Crippen LogP contribution in [0.15, 0.2) is 18.5 Å². The van der Waals surface area contributed by atoms with Crippen molar-refractivity contribution < 1.29 is 5.11 Å². The number of H-pyrrole nitrogens is 1. The standard InChI is InChI=1S/C18H21N5O/c19-16-13-8-21-17-12(1-2-20-17)15(13)23(22-16)14-10-3-9-4-11(14)7-18(24,5-9)6-10/h1-2,8-11,14,24H,3-7H2,(H2,19,22)(H,20,21)/t9?,10?,11?,14-,18-. The van der Waals surface area contributed by atoms with Crippen molar-refractivity contribution >= 4 is 27.8 Å². The molecule has 0 aromatic carbocycles. The van der Waals surface area contributed by atoms with Crippen molar-refractivity contribution in [1.82, 2.24) is 19.7 Å². The molecule has 6 nitrogen and oxygen atoms in total. The quantitative estimate of drug-likeness (QED) is 0.642. The molecule has 4 saturated carbocycles. The normalized spacial score (nSPS) is 37.7. The molecule has 3 aromatic heterocycles. The Morgan fingerprint density at radius 2 is 2.00 bits per heavy atom. The molecule has 3 aromatic rings. The number of aromatic nitrogens is 4. The number of aliphatic hydroxyl groups is 1. The zero-order valence-corrected chi connectivity index (χ0v) is 13.4. The van der Waals surface area contributed by atoms with Gasteiger partial charge < -0.3 is 15.8 Å². The summed E-state index contributed by atoms with van der Waals surface area (Å²) in [6, 6.07) is 2.41.